The molecule has 0 radical (unpaired) electrons. The normalized spacial score (nSPS) is 7.53. The lowest BCUT2D eigenvalue weighted by Crippen LogP contribution is -2.05. The van der Waals surface area contributed by atoms with Gasteiger partial charge < -0.3 is 42.8 Å². The average Bonchev–Trinajstić information content (AvgIpc) is 1.77. The number of anilines is 3. The maximum atomic E-state index is 8.88. The van der Waals surface area contributed by atoms with Crippen LogP contribution in [0.5, 0.6) is 0 Å². The molecule has 12 nitrogen and oxygen atoms in total. The van der Waals surface area contributed by atoms with Crippen LogP contribution in [-0.2, 0) is 4.57 Å². The van der Waals surface area contributed by atoms with Crippen molar-refractivity contribution in [3.63, 3.8) is 0 Å². The monoisotopic (exact) mass is 338 g/mol. The molecule has 0 saturated carbocycles. The maximum absolute atomic E-state index is 8.88. The number of phosphoric acid groups is 1. The van der Waals surface area contributed by atoms with Crippen LogP contribution in [0.15, 0.2) is 0 Å². The van der Waals surface area contributed by atoms with E-state index in [1.165, 1.54) is 0 Å². The highest BCUT2D eigenvalue weighted by Gasteiger charge is 2.00. The fourth-order valence-corrected chi connectivity index (χ4v) is 0.427. The van der Waals surface area contributed by atoms with Crippen molar-refractivity contribution >= 4 is 94.8 Å². The van der Waals surface area contributed by atoms with E-state index in [0.717, 1.165) is 0 Å². The minimum Gasteiger partial charge on any atom is -0.412 e. The highest BCUT2D eigenvalue weighted by Crippen LogP contribution is 2.25. The molecule has 1 heterocycles. The Morgan fingerprint density at radius 3 is 0.947 bits per heavy atom. The Labute approximate surface area is 156 Å². The second-order valence-electron chi connectivity index (χ2n) is 1.92. The van der Waals surface area contributed by atoms with Gasteiger partial charge in [0, 0.05) is 0 Å². The molecule has 19 heavy (non-hydrogen) atoms. The summed E-state index contributed by atoms with van der Waals surface area (Å²) in [5, 5.41) is 0. The van der Waals surface area contributed by atoms with Gasteiger partial charge in [0.2, 0.25) is 17.8 Å². The molecule has 1 rings (SSSR count). The summed E-state index contributed by atoms with van der Waals surface area (Å²) in [6.07, 6.45) is 0. The minimum absolute atomic E-state index is 0. The molecule has 0 aliphatic carbocycles. The lowest BCUT2D eigenvalue weighted by atomic mass is 10.9. The van der Waals surface area contributed by atoms with Gasteiger partial charge in [-0.1, -0.05) is 0 Å². The third kappa shape index (κ3) is 32.4. The van der Waals surface area contributed by atoms with Gasteiger partial charge in [0.1, 0.15) is 0 Å². The number of nitrogens with zero attached hydrogens (tertiary/aromatic N) is 3. The summed E-state index contributed by atoms with van der Waals surface area (Å²) in [6.45, 7) is 0. The Morgan fingerprint density at radius 2 is 0.842 bits per heavy atom. The van der Waals surface area contributed by atoms with E-state index in [-0.39, 0.29) is 98.0 Å². The van der Waals surface area contributed by atoms with Gasteiger partial charge >= 0.3 is 77.0 Å². The van der Waals surface area contributed by atoms with E-state index in [1.54, 1.807) is 0 Å². The van der Waals surface area contributed by atoms with Gasteiger partial charge in [-0.2, -0.15) is 15.0 Å². The Morgan fingerprint density at radius 1 is 0.737 bits per heavy atom. The molecule has 0 spiro atoms. The topological polar surface area (TPSA) is 257 Å². The van der Waals surface area contributed by atoms with Gasteiger partial charge in [-0.25, -0.2) is 4.57 Å². The average molecular weight is 339 g/mol. The van der Waals surface area contributed by atoms with Crippen LogP contribution in [-0.4, -0.2) is 110 Å². The molecule has 0 atom stereocenters. The molecular weight excluding hydrogens is 320 g/mol. The molecule has 0 unspecified atom stereocenters. The first-order chi connectivity index (χ1) is 6.18. The first-order valence-electron chi connectivity index (χ1n) is 2.99. The Balaban J connectivity index is -0.0000000385. The van der Waals surface area contributed by atoms with Crippen molar-refractivity contribution in [3.05, 3.63) is 0 Å². The van der Waals surface area contributed by atoms with Gasteiger partial charge in [0.25, 0.3) is 0 Å². The molecule has 108 valence electrons. The molecule has 13 N–H and O–H groups in total. The van der Waals surface area contributed by atoms with E-state index in [4.69, 9.17) is 36.4 Å². The van der Waals surface area contributed by atoms with E-state index < -0.39 is 7.82 Å². The van der Waals surface area contributed by atoms with E-state index in [1.807, 2.05) is 0 Å². The van der Waals surface area contributed by atoms with E-state index in [9.17, 15) is 0 Å². The van der Waals surface area contributed by atoms with Gasteiger partial charge in [0.05, 0.1) is 0 Å². The largest absolute Gasteiger partial charge is 0.466 e. The quantitative estimate of drug-likeness (QED) is 0.192. The predicted octanol–water partition coefficient (Wildman–Crippen LogP) is -6.71. The third-order valence-electron chi connectivity index (χ3n) is 0.687. The zero-order valence-electron chi connectivity index (χ0n) is 7.77. The zero-order chi connectivity index (χ0) is 11.4. The fraction of sp³-hybridized carbons (Fsp3) is 0. The number of nitrogen functional groups attached to an aromatic ring is 3. The summed E-state index contributed by atoms with van der Waals surface area (Å²) in [5.74, 6) is 0.125. The predicted molar refractivity (Wildman–Crippen MR) is 80.2 cm³/mol. The second kappa shape index (κ2) is 16.8. The first kappa shape index (κ1) is 36.7. The van der Waals surface area contributed by atoms with Crippen LogP contribution in [0.25, 0.3) is 0 Å². The maximum Gasteiger partial charge on any atom is 0.466 e. The minimum atomic E-state index is -4.64. The molecule has 0 fully saturated rings. The molecule has 1 aromatic rings. The van der Waals surface area contributed by atoms with E-state index >= 15 is 0 Å². The lowest BCUT2D eigenvalue weighted by molar-refractivity contribution is 0.275. The molecule has 1 aromatic heterocycles. The van der Waals surface area contributed by atoms with Crippen LogP contribution < -0.4 is 17.2 Å². The van der Waals surface area contributed by atoms with Crippen molar-refractivity contribution in [1.29, 1.82) is 0 Å². The fourth-order valence-electron chi connectivity index (χ4n) is 0.427. The Hall–Kier alpha value is 0.739. The van der Waals surface area contributed by atoms with Gasteiger partial charge in [0.15, 0.2) is 0 Å². The molecule has 0 aromatic carbocycles. The molecule has 0 aliphatic rings. The molecule has 0 saturated heterocycles. The Kier molecular flexibility index (Phi) is 32.5. The summed E-state index contributed by atoms with van der Waals surface area (Å²) in [7, 11) is -4.64. The van der Waals surface area contributed by atoms with Crippen molar-refractivity contribution in [3.8, 4) is 0 Å². The van der Waals surface area contributed by atoms with Crippen molar-refractivity contribution in [2.45, 2.75) is 0 Å². The van der Waals surface area contributed by atoms with Crippen molar-refractivity contribution in [2.24, 2.45) is 0 Å². The molecule has 0 bridgehead atoms. The SMILES string of the molecule is Nc1nc(N)nc(N)n1.O.O.O=P(O)(O)O.[MgH2].[MgH2].[MgH2]. The highest BCUT2D eigenvalue weighted by atomic mass is 31.2. The number of nitrogens with two attached hydrogens (primary N) is 3. The molecule has 0 amide bonds. The van der Waals surface area contributed by atoms with E-state index in [0.29, 0.717) is 0 Å². The van der Waals surface area contributed by atoms with Gasteiger partial charge in [-0.3, -0.25) is 0 Å². The van der Waals surface area contributed by atoms with E-state index in [2.05, 4.69) is 15.0 Å². The van der Waals surface area contributed by atoms with Crippen LogP contribution in [0.2, 0.25) is 0 Å². The van der Waals surface area contributed by atoms with Crippen LogP contribution in [0, 0.1) is 0 Å². The van der Waals surface area contributed by atoms with Crippen LogP contribution in [0.3, 0.4) is 0 Å². The third-order valence-corrected chi connectivity index (χ3v) is 0.687. The lowest BCUT2D eigenvalue weighted by Gasteiger charge is -1.93. The number of hydrogen-bond donors (Lipinski definition) is 6. The summed E-state index contributed by atoms with van der Waals surface area (Å²) >= 11 is 0. The molecule has 16 heteroatoms. The second-order valence-corrected chi connectivity index (χ2v) is 2.95. The zero-order valence-corrected chi connectivity index (χ0v) is 8.67. The van der Waals surface area contributed by atoms with Gasteiger partial charge in [-0.15, -0.1) is 0 Å². The summed E-state index contributed by atoms with van der Waals surface area (Å²) < 4.78 is 8.88. The van der Waals surface area contributed by atoms with Crippen LogP contribution in [0.4, 0.5) is 17.8 Å². The standard InChI is InChI=1S/C3H6N6.3Mg.H3O4P.2H2O.6H/c4-1-7-2(5)9-3(6)8-1;;;;1-5(2,3)4;;;;;;;;/h(H6,4,5,6,7,8,9);;;;(H3,1,2,3,4);2*1H2;;;;;;. The van der Waals surface area contributed by atoms with Gasteiger partial charge in [-0.05, 0) is 0 Å². The summed E-state index contributed by atoms with van der Waals surface area (Å²) in [4.78, 5) is 32.0. The first-order valence-corrected chi connectivity index (χ1v) is 4.56. The smallest absolute Gasteiger partial charge is 0.412 e. The summed E-state index contributed by atoms with van der Waals surface area (Å²) in [5.41, 5.74) is 15.4. The molecule has 0 aliphatic heterocycles. The number of hydrogen-bond acceptors (Lipinski definition) is 7. The van der Waals surface area contributed by atoms with Crippen molar-refractivity contribution < 1.29 is 30.2 Å². The molecular formula is C3H19Mg3N6O6P. The highest BCUT2D eigenvalue weighted by molar-refractivity contribution is 7.45. The van der Waals surface area contributed by atoms with Crippen LogP contribution >= 0.6 is 7.82 Å². The van der Waals surface area contributed by atoms with Crippen LogP contribution in [0.1, 0.15) is 0 Å². The Bertz CT molecular complexity index is 307. The number of aromatic nitrogens is 3. The number of rotatable bonds is 0. The van der Waals surface area contributed by atoms with Crippen molar-refractivity contribution in [2.75, 3.05) is 17.2 Å². The van der Waals surface area contributed by atoms with Crippen molar-refractivity contribution in [1.82, 2.24) is 15.0 Å². The summed E-state index contributed by atoms with van der Waals surface area (Å²) in [6, 6.07) is 0.